The van der Waals surface area contributed by atoms with Crippen molar-refractivity contribution >= 4 is 16.7 Å². The number of rotatable bonds is 7. The van der Waals surface area contributed by atoms with Gasteiger partial charge in [-0.05, 0) is 32.9 Å². The Balaban J connectivity index is 1.79. The average molecular weight is 447 g/mol. The summed E-state index contributed by atoms with van der Waals surface area (Å²) in [5.74, 6) is -2.55. The third kappa shape index (κ3) is 3.81. The number of benzene rings is 2. The molecule has 0 aliphatic carbocycles. The number of anilines is 1. The minimum absolute atomic E-state index is 0.0366. The monoisotopic (exact) mass is 447 g/mol. The van der Waals surface area contributed by atoms with Gasteiger partial charge in [0.2, 0.25) is 0 Å². The van der Waals surface area contributed by atoms with Gasteiger partial charge in [-0.1, -0.05) is 12.1 Å². The highest BCUT2D eigenvalue weighted by Gasteiger charge is 2.35. The molecule has 0 fully saturated rings. The number of hydrogen-bond acceptors (Lipinski definition) is 6. The molecular formula is C23H24F3N3O3. The lowest BCUT2D eigenvalue weighted by Gasteiger charge is -2.21. The molecule has 6 nitrogen and oxygen atoms in total. The smallest absolute Gasteiger partial charge is 0.298 e. The van der Waals surface area contributed by atoms with Crippen molar-refractivity contribution in [1.29, 1.82) is 0 Å². The highest BCUT2D eigenvalue weighted by atomic mass is 19.3. The van der Waals surface area contributed by atoms with Crippen LogP contribution < -0.4 is 14.8 Å². The molecule has 2 aromatic carbocycles. The highest BCUT2D eigenvalue weighted by Crippen LogP contribution is 2.43. The van der Waals surface area contributed by atoms with E-state index >= 15 is 0 Å². The van der Waals surface area contributed by atoms with Crippen LogP contribution in [0, 0.1) is 12.7 Å². The minimum atomic E-state index is -3.68. The van der Waals surface area contributed by atoms with E-state index in [0.29, 0.717) is 53.7 Å². The second-order valence-corrected chi connectivity index (χ2v) is 7.67. The first-order chi connectivity index (χ1) is 15.3. The second kappa shape index (κ2) is 8.46. The summed E-state index contributed by atoms with van der Waals surface area (Å²) in [7, 11) is 0. The number of fused-ring (bicyclic) bond motifs is 3. The van der Waals surface area contributed by atoms with Crippen LogP contribution in [-0.4, -0.2) is 34.9 Å². The van der Waals surface area contributed by atoms with E-state index < -0.39 is 30.0 Å². The van der Waals surface area contributed by atoms with Gasteiger partial charge in [0.05, 0.1) is 30.3 Å². The fraction of sp³-hybridized carbons (Fsp3) is 0.391. The first kappa shape index (κ1) is 22.1. The molecule has 9 heteroatoms. The van der Waals surface area contributed by atoms with Crippen LogP contribution in [0.25, 0.3) is 10.9 Å². The molecule has 1 aliphatic heterocycles. The summed E-state index contributed by atoms with van der Waals surface area (Å²) in [4.78, 5) is 9.06. The molecule has 0 saturated heterocycles. The van der Waals surface area contributed by atoms with Gasteiger partial charge in [-0.15, -0.1) is 0 Å². The molecule has 0 unspecified atom stereocenters. The van der Waals surface area contributed by atoms with Gasteiger partial charge in [0.15, 0.2) is 11.5 Å². The van der Waals surface area contributed by atoms with E-state index in [4.69, 9.17) is 14.6 Å². The Morgan fingerprint density at radius 1 is 1.31 bits per heavy atom. The second-order valence-electron chi connectivity index (χ2n) is 7.67. The van der Waals surface area contributed by atoms with Crippen LogP contribution in [0.15, 0.2) is 24.3 Å². The molecule has 2 N–H and O–H groups in total. The maximum Gasteiger partial charge on any atom is 0.298 e. The van der Waals surface area contributed by atoms with Crippen LogP contribution in [0.2, 0.25) is 0 Å². The van der Waals surface area contributed by atoms with Gasteiger partial charge >= 0.3 is 0 Å². The quantitative estimate of drug-likeness (QED) is 0.548. The standard InChI is InChI=1S/C23H24F3N3O3/c1-4-31-18-10-16-20(15-8-9-32-21(15)18)28-13(3)29-22(16)27-12(2)14-6-5-7-17(19(14)24)23(25,26)11-30/h5-7,10,12,30H,4,8-9,11H2,1-3H3,(H,27,28,29)/t12-/m1/s1. The Morgan fingerprint density at radius 2 is 2.09 bits per heavy atom. The summed E-state index contributed by atoms with van der Waals surface area (Å²) >= 11 is 0. The Labute approximate surface area is 183 Å². The summed E-state index contributed by atoms with van der Waals surface area (Å²) in [6.07, 6.45) is 0.672. The largest absolute Gasteiger partial charge is 0.490 e. The minimum Gasteiger partial charge on any atom is -0.490 e. The van der Waals surface area contributed by atoms with Crippen LogP contribution in [0.1, 0.15) is 42.4 Å². The van der Waals surface area contributed by atoms with E-state index in [0.717, 1.165) is 11.6 Å². The van der Waals surface area contributed by atoms with Crippen molar-refractivity contribution in [3.8, 4) is 11.5 Å². The number of aliphatic hydroxyl groups is 1. The Bertz CT molecular complexity index is 1170. The lowest BCUT2D eigenvalue weighted by molar-refractivity contribution is -0.0583. The van der Waals surface area contributed by atoms with Crippen LogP contribution in [-0.2, 0) is 12.3 Å². The number of halogens is 3. The number of aryl methyl sites for hydroxylation is 1. The lowest BCUT2D eigenvalue weighted by atomic mass is 10.00. The molecule has 0 saturated carbocycles. The van der Waals surface area contributed by atoms with Gasteiger partial charge in [-0.25, -0.2) is 14.4 Å². The predicted molar refractivity (Wildman–Crippen MR) is 114 cm³/mol. The normalized spacial score (nSPS) is 14.2. The van der Waals surface area contributed by atoms with Crippen molar-refractivity contribution in [2.24, 2.45) is 0 Å². The number of hydrogen-bond donors (Lipinski definition) is 2. The summed E-state index contributed by atoms with van der Waals surface area (Å²) in [5.41, 5.74) is 0.824. The molecule has 0 spiro atoms. The van der Waals surface area contributed by atoms with Crippen LogP contribution in [0.3, 0.4) is 0 Å². The van der Waals surface area contributed by atoms with Crippen LogP contribution in [0.4, 0.5) is 19.0 Å². The zero-order valence-corrected chi connectivity index (χ0v) is 18.0. The molecule has 1 aliphatic rings. The Morgan fingerprint density at radius 3 is 2.81 bits per heavy atom. The molecule has 1 atom stereocenters. The number of alkyl halides is 2. The van der Waals surface area contributed by atoms with E-state index in [1.165, 1.54) is 12.1 Å². The molecule has 0 bridgehead atoms. The summed E-state index contributed by atoms with van der Waals surface area (Å²) in [6.45, 7) is 4.77. The van der Waals surface area contributed by atoms with Crippen molar-refractivity contribution in [2.75, 3.05) is 25.1 Å². The molecule has 3 aromatic rings. The van der Waals surface area contributed by atoms with Gasteiger partial charge < -0.3 is 19.9 Å². The van der Waals surface area contributed by atoms with Crippen molar-refractivity contribution in [3.05, 3.63) is 52.6 Å². The first-order valence-electron chi connectivity index (χ1n) is 10.4. The van der Waals surface area contributed by atoms with E-state index in [1.807, 2.05) is 6.92 Å². The molecule has 0 radical (unpaired) electrons. The number of aromatic nitrogens is 2. The van der Waals surface area contributed by atoms with Gasteiger partial charge in [-0.2, -0.15) is 8.78 Å². The topological polar surface area (TPSA) is 76.5 Å². The fourth-order valence-electron chi connectivity index (χ4n) is 3.95. The zero-order chi connectivity index (χ0) is 23.0. The summed E-state index contributed by atoms with van der Waals surface area (Å²) < 4.78 is 54.4. The molecule has 0 amide bonds. The van der Waals surface area contributed by atoms with E-state index in [9.17, 15) is 13.2 Å². The third-order valence-corrected chi connectivity index (χ3v) is 5.46. The number of nitrogens with one attached hydrogen (secondary N) is 1. The number of ether oxygens (including phenoxy) is 2. The number of nitrogens with zero attached hydrogens (tertiary/aromatic N) is 2. The van der Waals surface area contributed by atoms with E-state index in [2.05, 4.69) is 15.3 Å². The molecule has 1 aromatic heterocycles. The van der Waals surface area contributed by atoms with E-state index in [1.54, 1.807) is 19.9 Å². The number of aliphatic hydroxyl groups excluding tert-OH is 1. The maximum atomic E-state index is 14.9. The third-order valence-electron chi connectivity index (χ3n) is 5.46. The molecule has 32 heavy (non-hydrogen) atoms. The van der Waals surface area contributed by atoms with E-state index in [-0.39, 0.29) is 5.56 Å². The lowest BCUT2D eigenvalue weighted by Crippen LogP contribution is -2.22. The molecule has 4 rings (SSSR count). The zero-order valence-electron chi connectivity index (χ0n) is 18.0. The van der Waals surface area contributed by atoms with Gasteiger partial charge in [-0.3, -0.25) is 0 Å². The summed E-state index contributed by atoms with van der Waals surface area (Å²) in [5, 5.41) is 12.8. The molecule has 2 heterocycles. The van der Waals surface area contributed by atoms with Gasteiger partial charge in [0, 0.05) is 22.9 Å². The van der Waals surface area contributed by atoms with Crippen molar-refractivity contribution < 1.29 is 27.8 Å². The van der Waals surface area contributed by atoms with Gasteiger partial charge in [0.1, 0.15) is 24.1 Å². The highest BCUT2D eigenvalue weighted by molar-refractivity contribution is 5.95. The molecular weight excluding hydrogens is 423 g/mol. The SMILES string of the molecule is CCOc1cc2c(N[C@H](C)c3cccc(C(F)(F)CO)c3F)nc(C)nc2c2c1OCC2. The van der Waals surface area contributed by atoms with Crippen molar-refractivity contribution in [2.45, 2.75) is 39.2 Å². The Hall–Kier alpha value is -3.07. The van der Waals surface area contributed by atoms with Crippen molar-refractivity contribution in [3.63, 3.8) is 0 Å². The van der Waals surface area contributed by atoms with Crippen molar-refractivity contribution in [1.82, 2.24) is 9.97 Å². The fourth-order valence-corrected chi connectivity index (χ4v) is 3.95. The predicted octanol–water partition coefficient (Wildman–Crippen LogP) is 4.67. The summed E-state index contributed by atoms with van der Waals surface area (Å²) in [6, 6.07) is 4.84. The first-order valence-corrected chi connectivity index (χ1v) is 10.4. The maximum absolute atomic E-state index is 14.9. The molecule has 170 valence electrons. The van der Waals surface area contributed by atoms with Gasteiger partial charge in [0.25, 0.3) is 5.92 Å². The Kier molecular flexibility index (Phi) is 5.85. The van der Waals surface area contributed by atoms with Crippen LogP contribution >= 0.6 is 0 Å². The average Bonchev–Trinajstić information content (AvgIpc) is 3.25. The van der Waals surface area contributed by atoms with Crippen LogP contribution in [0.5, 0.6) is 11.5 Å².